The van der Waals surface area contributed by atoms with E-state index in [1.807, 2.05) is 13.8 Å². The van der Waals surface area contributed by atoms with E-state index in [0.29, 0.717) is 38.5 Å². The zero-order chi connectivity index (χ0) is 34.9. The molecule has 1 aliphatic heterocycles. The van der Waals surface area contributed by atoms with E-state index in [1.165, 1.54) is 0 Å². The van der Waals surface area contributed by atoms with Gasteiger partial charge >= 0.3 is 5.97 Å². The number of rotatable bonds is 3. The lowest BCUT2D eigenvalue weighted by atomic mass is 9.32. The van der Waals surface area contributed by atoms with Gasteiger partial charge in [-0.1, -0.05) is 60.1 Å². The maximum absolute atomic E-state index is 14.4. The van der Waals surface area contributed by atoms with Crippen LogP contribution in [0.1, 0.15) is 93.4 Å². The summed E-state index contributed by atoms with van der Waals surface area (Å²) < 4.78 is 11.4. The summed E-state index contributed by atoms with van der Waals surface area (Å²) in [5.41, 5.74) is -2.84. The van der Waals surface area contributed by atoms with Crippen LogP contribution >= 0.6 is 0 Å². The molecule has 6 aliphatic rings. The predicted molar refractivity (Wildman–Crippen MR) is 169 cm³/mol. The average molecular weight is 667 g/mol. The molecule has 11 heteroatoms. The normalized spacial score (nSPS) is 55.0. The number of allylic oxidation sites excluding steroid dienone is 2. The third-order valence-corrected chi connectivity index (χ3v) is 15.0. The van der Waals surface area contributed by atoms with Crippen molar-refractivity contribution in [3.63, 3.8) is 0 Å². The van der Waals surface area contributed by atoms with Crippen molar-refractivity contribution in [1.82, 2.24) is 0 Å². The first kappa shape index (κ1) is 35.7. The zero-order valence-electron chi connectivity index (χ0n) is 29.0. The Hall–Kier alpha value is -1.15. The van der Waals surface area contributed by atoms with Crippen LogP contribution in [0, 0.1) is 50.2 Å². The van der Waals surface area contributed by atoms with Gasteiger partial charge in [0, 0.05) is 0 Å². The van der Waals surface area contributed by atoms with Crippen LogP contribution in [0.25, 0.3) is 0 Å². The maximum Gasteiger partial charge on any atom is 0.317 e. The molecule has 6 rings (SSSR count). The summed E-state index contributed by atoms with van der Waals surface area (Å²) in [5.74, 6) is -1.39. The first-order valence-electron chi connectivity index (χ1n) is 17.6. The van der Waals surface area contributed by atoms with Crippen molar-refractivity contribution < 1.29 is 55.1 Å². The summed E-state index contributed by atoms with van der Waals surface area (Å²) in [4.78, 5) is 14.4. The summed E-state index contributed by atoms with van der Waals surface area (Å²) >= 11 is 0. The highest BCUT2D eigenvalue weighted by Crippen LogP contribution is 2.75. The summed E-state index contributed by atoms with van der Waals surface area (Å²) in [6.07, 6.45) is -6.23. The van der Waals surface area contributed by atoms with Crippen molar-refractivity contribution in [1.29, 1.82) is 0 Å². The Kier molecular flexibility index (Phi) is 8.48. The minimum Gasteiger partial charge on any atom is -0.432 e. The topological polar surface area (TPSA) is 197 Å². The fourth-order valence-electron chi connectivity index (χ4n) is 12.4. The van der Waals surface area contributed by atoms with Crippen LogP contribution in [0.4, 0.5) is 0 Å². The molecule has 8 N–H and O–H groups in total. The third-order valence-electron chi connectivity index (χ3n) is 15.0. The molecule has 0 aromatic heterocycles. The van der Waals surface area contributed by atoms with E-state index < -0.39 is 101 Å². The van der Waals surface area contributed by atoms with Crippen LogP contribution in [0.3, 0.4) is 0 Å². The van der Waals surface area contributed by atoms with Crippen molar-refractivity contribution in [2.75, 3.05) is 6.61 Å². The van der Waals surface area contributed by atoms with E-state index in [9.17, 15) is 45.6 Å². The number of carbonyl (C=O) groups excluding carboxylic acids is 1. The standard InChI is InChI=1S/C36H58O11/c1-31(2)10-11-36(30(45)47-29-26(43)25(42)24(41)21(16-37)46-29)18(12-31)17-8-9-22-33(5)13-20(39)28(44)32(3,4)27(33)19(38)14-35(22,7)34(17,6)15-23(36)40/h8,18-29,37-44H,9-16H2,1-7H3/t18?,19-,20+,21-,22-,23-,24-,25+,26-,27?,28+,29+,33-,34-,35-,36-/m1/s1. The molecule has 5 aliphatic carbocycles. The van der Waals surface area contributed by atoms with E-state index in [0.717, 1.165) is 5.57 Å². The molecular formula is C36H58O11. The van der Waals surface area contributed by atoms with Crippen LogP contribution in [-0.4, -0.2) is 109 Å². The molecule has 0 bridgehead atoms. The van der Waals surface area contributed by atoms with Crippen molar-refractivity contribution in [2.24, 2.45) is 50.2 Å². The number of aliphatic hydroxyl groups is 8. The Labute approximate surface area is 278 Å². The number of ether oxygens (including phenoxy) is 2. The minimum absolute atomic E-state index is 0.0240. The van der Waals surface area contributed by atoms with Crippen molar-refractivity contribution >= 4 is 5.97 Å². The minimum atomic E-state index is -1.75. The summed E-state index contributed by atoms with van der Waals surface area (Å²) in [5, 5.41) is 87.5. The van der Waals surface area contributed by atoms with Gasteiger partial charge in [0.25, 0.3) is 0 Å². The number of hydrogen-bond acceptors (Lipinski definition) is 11. The van der Waals surface area contributed by atoms with Gasteiger partial charge in [0.15, 0.2) is 0 Å². The van der Waals surface area contributed by atoms with E-state index >= 15 is 0 Å². The lowest BCUT2D eigenvalue weighted by molar-refractivity contribution is -0.300. The molecule has 4 saturated carbocycles. The zero-order valence-corrected chi connectivity index (χ0v) is 29.0. The first-order valence-corrected chi connectivity index (χ1v) is 17.6. The molecule has 11 nitrogen and oxygen atoms in total. The van der Waals surface area contributed by atoms with Crippen molar-refractivity contribution in [3.8, 4) is 0 Å². The summed E-state index contributed by atoms with van der Waals surface area (Å²) in [6, 6.07) is 0. The molecule has 268 valence electrons. The van der Waals surface area contributed by atoms with E-state index in [1.54, 1.807) is 0 Å². The molecule has 1 saturated heterocycles. The number of fused-ring (bicyclic) bond motifs is 7. The van der Waals surface area contributed by atoms with Crippen LogP contribution in [0.15, 0.2) is 11.6 Å². The average Bonchev–Trinajstić information content (AvgIpc) is 2.96. The quantitative estimate of drug-likeness (QED) is 0.160. The van der Waals surface area contributed by atoms with Crippen LogP contribution in [-0.2, 0) is 14.3 Å². The SMILES string of the molecule is CC1(C)CC[C@@]2(C(=O)O[C@@H]3O[C@H](CO)[C@@H](O)[C@H](O)[C@H]3O)C(C1)C1=CC[C@@H]3[C@@]4(C)C[C@H](O)[C@H](O)C(C)(C)C4[C@H](O)C[C@@]3(C)[C@]1(C)C[C@H]2O. The molecule has 2 unspecified atom stereocenters. The fourth-order valence-corrected chi connectivity index (χ4v) is 12.4. The molecule has 0 aromatic carbocycles. The largest absolute Gasteiger partial charge is 0.432 e. The van der Waals surface area contributed by atoms with E-state index in [4.69, 9.17) is 9.47 Å². The molecular weight excluding hydrogens is 608 g/mol. The molecule has 0 radical (unpaired) electrons. The van der Waals surface area contributed by atoms with Gasteiger partial charge in [-0.15, -0.1) is 0 Å². The maximum atomic E-state index is 14.4. The third kappa shape index (κ3) is 4.74. The van der Waals surface area contributed by atoms with Crippen LogP contribution in [0.2, 0.25) is 0 Å². The van der Waals surface area contributed by atoms with E-state index in [-0.39, 0.29) is 23.7 Å². The lowest BCUT2D eigenvalue weighted by Gasteiger charge is -2.72. The smallest absolute Gasteiger partial charge is 0.317 e. The number of esters is 1. The van der Waals surface area contributed by atoms with Gasteiger partial charge in [0.05, 0.1) is 31.0 Å². The van der Waals surface area contributed by atoms with Crippen LogP contribution in [0.5, 0.6) is 0 Å². The van der Waals surface area contributed by atoms with Gasteiger partial charge in [0.1, 0.15) is 29.8 Å². The second kappa shape index (κ2) is 11.2. The Morgan fingerprint density at radius 3 is 2.15 bits per heavy atom. The second-order valence-corrected chi connectivity index (χ2v) is 18.3. The van der Waals surface area contributed by atoms with Crippen molar-refractivity contribution in [3.05, 3.63) is 11.6 Å². The Morgan fingerprint density at radius 1 is 0.851 bits per heavy atom. The Balaban J connectivity index is 1.41. The summed E-state index contributed by atoms with van der Waals surface area (Å²) in [6.45, 7) is 14.0. The molecule has 1 heterocycles. The van der Waals surface area contributed by atoms with E-state index in [2.05, 4.69) is 40.7 Å². The van der Waals surface area contributed by atoms with Gasteiger partial charge in [-0.05, 0) is 89.8 Å². The molecule has 16 atom stereocenters. The predicted octanol–water partition coefficient (Wildman–Crippen LogP) is 1.40. The molecule has 0 amide bonds. The molecule has 0 aromatic rings. The number of hydrogen-bond donors (Lipinski definition) is 8. The molecule has 5 fully saturated rings. The van der Waals surface area contributed by atoms with Gasteiger partial charge in [-0.3, -0.25) is 4.79 Å². The summed E-state index contributed by atoms with van der Waals surface area (Å²) in [7, 11) is 0. The highest BCUT2D eigenvalue weighted by atomic mass is 16.7. The van der Waals surface area contributed by atoms with Gasteiger partial charge in [0.2, 0.25) is 6.29 Å². The lowest BCUT2D eigenvalue weighted by Crippen LogP contribution is -2.71. The molecule has 47 heavy (non-hydrogen) atoms. The monoisotopic (exact) mass is 666 g/mol. The second-order valence-electron chi connectivity index (χ2n) is 18.3. The highest BCUT2D eigenvalue weighted by molar-refractivity contribution is 5.80. The highest BCUT2D eigenvalue weighted by Gasteiger charge is 2.73. The molecule has 0 spiro atoms. The van der Waals surface area contributed by atoms with Gasteiger partial charge in [-0.2, -0.15) is 0 Å². The van der Waals surface area contributed by atoms with Gasteiger partial charge < -0.3 is 50.3 Å². The Bertz CT molecular complexity index is 1280. The Morgan fingerprint density at radius 2 is 1.51 bits per heavy atom. The fraction of sp³-hybridized carbons (Fsp3) is 0.917. The van der Waals surface area contributed by atoms with Crippen molar-refractivity contribution in [2.45, 2.75) is 149 Å². The first-order chi connectivity index (χ1) is 21.6. The number of aliphatic hydroxyl groups excluding tert-OH is 8. The van der Waals surface area contributed by atoms with Gasteiger partial charge in [-0.25, -0.2) is 0 Å². The number of carbonyl (C=O) groups is 1. The van der Waals surface area contributed by atoms with Crippen LogP contribution < -0.4 is 0 Å².